The van der Waals surface area contributed by atoms with Gasteiger partial charge in [0.05, 0.1) is 22.9 Å². The number of pyridine rings is 1. The SMILES string of the molecule is CN(Cc1ccn(-c2ccccc2)n1)S(=O)(=O)c1cncc(Cl)c1. The molecule has 1 aromatic carbocycles. The summed E-state index contributed by atoms with van der Waals surface area (Å²) in [5.41, 5.74) is 1.55. The van der Waals surface area contributed by atoms with Gasteiger partial charge in [-0.15, -0.1) is 0 Å². The largest absolute Gasteiger partial charge is 0.262 e. The van der Waals surface area contributed by atoms with E-state index in [1.54, 1.807) is 16.9 Å². The van der Waals surface area contributed by atoms with Gasteiger partial charge >= 0.3 is 0 Å². The predicted molar refractivity (Wildman–Crippen MR) is 91.5 cm³/mol. The van der Waals surface area contributed by atoms with Crippen molar-refractivity contribution >= 4 is 21.6 Å². The molecular formula is C16H15ClN4O2S. The van der Waals surface area contributed by atoms with Crippen molar-refractivity contribution in [2.24, 2.45) is 0 Å². The first kappa shape index (κ1) is 16.6. The summed E-state index contributed by atoms with van der Waals surface area (Å²) in [5, 5.41) is 4.69. The minimum absolute atomic E-state index is 0.0555. The smallest absolute Gasteiger partial charge is 0.244 e. The van der Waals surface area contributed by atoms with Gasteiger partial charge in [-0.3, -0.25) is 4.98 Å². The average molecular weight is 363 g/mol. The molecule has 0 amide bonds. The Bertz CT molecular complexity index is 941. The molecule has 0 aliphatic heterocycles. The molecule has 0 radical (unpaired) electrons. The van der Waals surface area contributed by atoms with E-state index < -0.39 is 10.0 Å². The van der Waals surface area contributed by atoms with Gasteiger partial charge in [0, 0.05) is 25.6 Å². The quantitative estimate of drug-likeness (QED) is 0.699. The maximum atomic E-state index is 12.6. The Hall–Kier alpha value is -2.22. The van der Waals surface area contributed by atoms with Gasteiger partial charge in [-0.2, -0.15) is 9.40 Å². The van der Waals surface area contributed by atoms with Crippen LogP contribution in [0.1, 0.15) is 5.69 Å². The lowest BCUT2D eigenvalue weighted by Crippen LogP contribution is -2.26. The molecule has 0 aliphatic rings. The lowest BCUT2D eigenvalue weighted by Gasteiger charge is -2.15. The number of para-hydroxylation sites is 1. The van der Waals surface area contributed by atoms with Crippen molar-refractivity contribution in [3.8, 4) is 5.69 Å². The highest BCUT2D eigenvalue weighted by atomic mass is 35.5. The van der Waals surface area contributed by atoms with Gasteiger partial charge in [-0.05, 0) is 24.3 Å². The first-order valence-electron chi connectivity index (χ1n) is 7.14. The Morgan fingerprint density at radius 1 is 1.17 bits per heavy atom. The second-order valence-corrected chi connectivity index (χ2v) is 7.67. The molecule has 0 atom stereocenters. The van der Waals surface area contributed by atoms with Crippen molar-refractivity contribution in [2.75, 3.05) is 7.05 Å². The van der Waals surface area contributed by atoms with Crippen LogP contribution in [0, 0.1) is 0 Å². The fourth-order valence-corrected chi connectivity index (χ4v) is 3.57. The molecule has 2 aromatic heterocycles. The summed E-state index contributed by atoms with van der Waals surface area (Å²) in [5.74, 6) is 0. The number of hydrogen-bond acceptors (Lipinski definition) is 4. The molecule has 6 nitrogen and oxygen atoms in total. The van der Waals surface area contributed by atoms with E-state index in [0.717, 1.165) is 5.69 Å². The molecule has 24 heavy (non-hydrogen) atoms. The predicted octanol–water partition coefficient (Wildman–Crippen LogP) is 2.74. The molecule has 3 aromatic rings. The summed E-state index contributed by atoms with van der Waals surface area (Å²) in [6.45, 7) is 0.148. The Kier molecular flexibility index (Phi) is 4.66. The first-order chi connectivity index (χ1) is 11.5. The fourth-order valence-electron chi connectivity index (χ4n) is 2.20. The maximum Gasteiger partial charge on any atom is 0.244 e. The van der Waals surface area contributed by atoms with Crippen LogP contribution >= 0.6 is 11.6 Å². The van der Waals surface area contributed by atoms with Crippen molar-refractivity contribution in [2.45, 2.75) is 11.4 Å². The maximum absolute atomic E-state index is 12.6. The van der Waals surface area contributed by atoms with E-state index in [4.69, 9.17) is 11.6 Å². The van der Waals surface area contributed by atoms with E-state index in [9.17, 15) is 8.42 Å². The van der Waals surface area contributed by atoms with E-state index >= 15 is 0 Å². The highest BCUT2D eigenvalue weighted by Crippen LogP contribution is 2.19. The molecule has 0 saturated carbocycles. The number of hydrogen-bond donors (Lipinski definition) is 0. The van der Waals surface area contributed by atoms with E-state index in [-0.39, 0.29) is 16.5 Å². The van der Waals surface area contributed by atoms with Gasteiger partial charge in [0.15, 0.2) is 0 Å². The highest BCUT2D eigenvalue weighted by Gasteiger charge is 2.22. The molecule has 0 saturated heterocycles. The van der Waals surface area contributed by atoms with Crippen LogP contribution in [-0.2, 0) is 16.6 Å². The van der Waals surface area contributed by atoms with Crippen LogP contribution in [0.25, 0.3) is 5.69 Å². The second-order valence-electron chi connectivity index (χ2n) is 5.19. The van der Waals surface area contributed by atoms with Crippen LogP contribution in [0.2, 0.25) is 5.02 Å². The number of nitrogens with zero attached hydrogens (tertiary/aromatic N) is 4. The topological polar surface area (TPSA) is 68.1 Å². The van der Waals surface area contributed by atoms with Crippen LogP contribution in [-0.4, -0.2) is 34.5 Å². The Morgan fingerprint density at radius 2 is 1.92 bits per heavy atom. The molecule has 0 unspecified atom stereocenters. The van der Waals surface area contributed by atoms with Crippen LogP contribution in [0.5, 0.6) is 0 Å². The highest BCUT2D eigenvalue weighted by molar-refractivity contribution is 7.89. The molecule has 0 spiro atoms. The van der Waals surface area contributed by atoms with E-state index in [0.29, 0.717) is 5.69 Å². The fraction of sp³-hybridized carbons (Fsp3) is 0.125. The van der Waals surface area contributed by atoms with Crippen molar-refractivity contribution in [1.29, 1.82) is 0 Å². The van der Waals surface area contributed by atoms with Crippen molar-refractivity contribution in [3.05, 3.63) is 71.8 Å². The summed E-state index contributed by atoms with van der Waals surface area (Å²) >= 11 is 5.83. The van der Waals surface area contributed by atoms with E-state index in [2.05, 4.69) is 10.1 Å². The third-order valence-electron chi connectivity index (χ3n) is 3.44. The van der Waals surface area contributed by atoms with Gasteiger partial charge in [0.25, 0.3) is 0 Å². The Labute approximate surface area is 145 Å². The number of halogens is 1. The van der Waals surface area contributed by atoms with Crippen molar-refractivity contribution in [3.63, 3.8) is 0 Å². The first-order valence-corrected chi connectivity index (χ1v) is 8.95. The summed E-state index contributed by atoms with van der Waals surface area (Å²) < 4.78 is 28.0. The van der Waals surface area contributed by atoms with Crippen LogP contribution in [0.3, 0.4) is 0 Å². The molecule has 124 valence electrons. The summed E-state index contributed by atoms with van der Waals surface area (Å²) in [4.78, 5) is 3.88. The molecule has 0 fully saturated rings. The summed E-state index contributed by atoms with van der Waals surface area (Å²) in [6.07, 6.45) is 4.47. The summed E-state index contributed by atoms with van der Waals surface area (Å²) in [6, 6.07) is 12.8. The zero-order chi connectivity index (χ0) is 17.2. The number of benzene rings is 1. The standard InChI is InChI=1S/C16H15ClN4O2S/c1-20(24(22,23)16-9-13(17)10-18-11-16)12-14-7-8-21(19-14)15-5-3-2-4-6-15/h2-11H,12H2,1H3. The molecule has 8 heteroatoms. The molecule has 0 bridgehead atoms. The van der Waals surface area contributed by atoms with Gasteiger partial charge < -0.3 is 0 Å². The number of rotatable bonds is 5. The van der Waals surface area contributed by atoms with Crippen LogP contribution in [0.15, 0.2) is 66.0 Å². The number of sulfonamides is 1. The third kappa shape index (κ3) is 3.48. The van der Waals surface area contributed by atoms with Crippen molar-refractivity contribution < 1.29 is 8.42 Å². The zero-order valence-corrected chi connectivity index (χ0v) is 14.4. The molecule has 0 aliphatic carbocycles. The zero-order valence-electron chi connectivity index (χ0n) is 12.9. The average Bonchev–Trinajstić information content (AvgIpc) is 3.04. The van der Waals surface area contributed by atoms with Crippen molar-refractivity contribution in [1.82, 2.24) is 19.1 Å². The van der Waals surface area contributed by atoms with Crippen LogP contribution < -0.4 is 0 Å². The van der Waals surface area contributed by atoms with Crippen LogP contribution in [0.4, 0.5) is 0 Å². The Morgan fingerprint density at radius 3 is 2.62 bits per heavy atom. The van der Waals surface area contributed by atoms with Gasteiger partial charge in [0.2, 0.25) is 10.0 Å². The van der Waals surface area contributed by atoms with Gasteiger partial charge in [0.1, 0.15) is 4.90 Å². The summed E-state index contributed by atoms with van der Waals surface area (Å²) in [7, 11) is -2.18. The Balaban J connectivity index is 1.80. The molecular weight excluding hydrogens is 348 g/mol. The molecule has 3 rings (SSSR count). The van der Waals surface area contributed by atoms with E-state index in [1.165, 1.54) is 29.8 Å². The van der Waals surface area contributed by atoms with E-state index in [1.807, 2.05) is 30.3 Å². The third-order valence-corrected chi connectivity index (χ3v) is 5.41. The lowest BCUT2D eigenvalue weighted by atomic mass is 10.3. The molecule has 0 N–H and O–H groups in total. The normalized spacial score (nSPS) is 11.8. The lowest BCUT2D eigenvalue weighted by molar-refractivity contribution is 0.460. The minimum atomic E-state index is -3.68. The van der Waals surface area contributed by atoms with Gasteiger partial charge in [-0.1, -0.05) is 29.8 Å². The molecule has 2 heterocycles. The minimum Gasteiger partial charge on any atom is -0.262 e. The number of aromatic nitrogens is 3. The van der Waals surface area contributed by atoms with Gasteiger partial charge in [-0.25, -0.2) is 13.1 Å². The second kappa shape index (κ2) is 6.72. The monoisotopic (exact) mass is 362 g/mol.